The maximum atomic E-state index is 12.1. The third-order valence-electron chi connectivity index (χ3n) is 3.52. The quantitative estimate of drug-likeness (QED) is 0.751. The molecule has 0 radical (unpaired) electrons. The van der Waals surface area contributed by atoms with Gasteiger partial charge in [0.1, 0.15) is 5.60 Å². The molecular formula is C19H32N2O2. The van der Waals surface area contributed by atoms with Gasteiger partial charge in [-0.25, -0.2) is 4.79 Å². The van der Waals surface area contributed by atoms with Gasteiger partial charge in [-0.15, -0.1) is 0 Å². The SMILES string of the molecule is CCCC(C)CNCC(NC(=O)OC(C)(C)C)c1ccccc1. The number of ether oxygens (including phenoxy) is 1. The molecule has 1 aromatic rings. The van der Waals surface area contributed by atoms with Gasteiger partial charge in [0.25, 0.3) is 0 Å². The van der Waals surface area contributed by atoms with Crippen LogP contribution >= 0.6 is 0 Å². The van der Waals surface area contributed by atoms with E-state index in [1.165, 1.54) is 12.8 Å². The van der Waals surface area contributed by atoms with Crippen LogP contribution in [0.5, 0.6) is 0 Å². The van der Waals surface area contributed by atoms with Crippen LogP contribution in [0.2, 0.25) is 0 Å². The molecule has 23 heavy (non-hydrogen) atoms. The zero-order valence-electron chi connectivity index (χ0n) is 15.2. The van der Waals surface area contributed by atoms with Crippen molar-refractivity contribution in [3.63, 3.8) is 0 Å². The predicted molar refractivity (Wildman–Crippen MR) is 95.5 cm³/mol. The lowest BCUT2D eigenvalue weighted by molar-refractivity contribution is 0.0503. The molecule has 1 amide bonds. The minimum Gasteiger partial charge on any atom is -0.444 e. The van der Waals surface area contributed by atoms with Gasteiger partial charge in [-0.3, -0.25) is 0 Å². The van der Waals surface area contributed by atoms with Crippen molar-refractivity contribution in [2.75, 3.05) is 13.1 Å². The lowest BCUT2D eigenvalue weighted by atomic mass is 10.0. The summed E-state index contributed by atoms with van der Waals surface area (Å²) in [4.78, 5) is 12.1. The number of carbonyl (C=O) groups is 1. The Kier molecular flexibility index (Phi) is 8.10. The van der Waals surface area contributed by atoms with Gasteiger partial charge in [-0.1, -0.05) is 50.6 Å². The lowest BCUT2D eigenvalue weighted by Gasteiger charge is -2.24. The van der Waals surface area contributed by atoms with Crippen LogP contribution in [0.3, 0.4) is 0 Å². The first kappa shape index (κ1) is 19.5. The van der Waals surface area contributed by atoms with E-state index in [2.05, 4.69) is 24.5 Å². The minimum atomic E-state index is -0.492. The van der Waals surface area contributed by atoms with Crippen LogP contribution in [0.4, 0.5) is 4.79 Å². The minimum absolute atomic E-state index is 0.0973. The van der Waals surface area contributed by atoms with Gasteiger partial charge in [0.2, 0.25) is 0 Å². The third-order valence-corrected chi connectivity index (χ3v) is 3.52. The van der Waals surface area contributed by atoms with E-state index in [-0.39, 0.29) is 12.1 Å². The van der Waals surface area contributed by atoms with Crippen molar-refractivity contribution in [3.05, 3.63) is 35.9 Å². The third kappa shape index (κ3) is 8.60. The smallest absolute Gasteiger partial charge is 0.408 e. The Morgan fingerprint density at radius 2 is 1.83 bits per heavy atom. The van der Waals surface area contributed by atoms with Crippen molar-refractivity contribution in [1.29, 1.82) is 0 Å². The summed E-state index contributed by atoms with van der Waals surface area (Å²) in [5.74, 6) is 0.637. The number of carbonyl (C=O) groups excluding carboxylic acids is 1. The maximum Gasteiger partial charge on any atom is 0.408 e. The summed E-state index contributed by atoms with van der Waals surface area (Å²) in [6.45, 7) is 11.7. The van der Waals surface area contributed by atoms with Crippen LogP contribution in [0, 0.1) is 5.92 Å². The highest BCUT2D eigenvalue weighted by Gasteiger charge is 2.20. The molecule has 1 rings (SSSR count). The Morgan fingerprint density at radius 3 is 2.39 bits per heavy atom. The summed E-state index contributed by atoms with van der Waals surface area (Å²) < 4.78 is 5.38. The molecule has 0 aliphatic carbocycles. The first-order chi connectivity index (χ1) is 10.8. The number of alkyl carbamates (subject to hydrolysis) is 1. The molecule has 4 heteroatoms. The molecule has 0 saturated heterocycles. The van der Waals surface area contributed by atoms with Gasteiger partial charge >= 0.3 is 6.09 Å². The molecule has 0 aliphatic rings. The second-order valence-electron chi connectivity index (χ2n) is 7.16. The molecule has 130 valence electrons. The number of rotatable bonds is 8. The highest BCUT2D eigenvalue weighted by atomic mass is 16.6. The van der Waals surface area contributed by atoms with Crippen LogP contribution in [0.1, 0.15) is 59.1 Å². The molecule has 0 heterocycles. The standard InChI is InChI=1S/C19H32N2O2/c1-6-10-15(2)13-20-14-17(16-11-8-7-9-12-16)21-18(22)23-19(3,4)5/h7-9,11-12,15,17,20H,6,10,13-14H2,1-5H3,(H,21,22). The Hall–Kier alpha value is -1.55. The second-order valence-corrected chi connectivity index (χ2v) is 7.16. The molecule has 0 fully saturated rings. The second kappa shape index (κ2) is 9.56. The molecule has 0 spiro atoms. The van der Waals surface area contributed by atoms with Gasteiger partial charge in [-0.2, -0.15) is 0 Å². The van der Waals surface area contributed by atoms with Crippen LogP contribution in [0.25, 0.3) is 0 Å². The molecule has 4 nitrogen and oxygen atoms in total. The Morgan fingerprint density at radius 1 is 1.17 bits per heavy atom. The van der Waals surface area contributed by atoms with Crippen molar-refractivity contribution >= 4 is 6.09 Å². The van der Waals surface area contributed by atoms with E-state index in [4.69, 9.17) is 4.74 Å². The largest absolute Gasteiger partial charge is 0.444 e. The first-order valence-electron chi connectivity index (χ1n) is 8.57. The zero-order chi connectivity index (χ0) is 17.3. The monoisotopic (exact) mass is 320 g/mol. The number of amides is 1. The van der Waals surface area contributed by atoms with E-state index in [9.17, 15) is 4.79 Å². The van der Waals surface area contributed by atoms with E-state index in [0.29, 0.717) is 12.5 Å². The highest BCUT2D eigenvalue weighted by molar-refractivity contribution is 5.68. The van der Waals surface area contributed by atoms with Gasteiger partial charge in [0.05, 0.1) is 6.04 Å². The molecular weight excluding hydrogens is 288 g/mol. The predicted octanol–water partition coefficient (Wildman–Crippen LogP) is 4.28. The summed E-state index contributed by atoms with van der Waals surface area (Å²) in [5.41, 5.74) is 0.586. The zero-order valence-corrected chi connectivity index (χ0v) is 15.2. The van der Waals surface area contributed by atoms with Gasteiger partial charge in [0, 0.05) is 6.54 Å². The molecule has 2 N–H and O–H groups in total. The average molecular weight is 320 g/mol. The topological polar surface area (TPSA) is 50.4 Å². The molecule has 2 unspecified atom stereocenters. The van der Waals surface area contributed by atoms with Crippen molar-refractivity contribution in [1.82, 2.24) is 10.6 Å². The summed E-state index contributed by atoms with van der Waals surface area (Å²) in [5, 5.41) is 6.44. The van der Waals surface area contributed by atoms with Crippen molar-refractivity contribution in [3.8, 4) is 0 Å². The Labute approximate surface area is 141 Å². The van der Waals surface area contributed by atoms with Crippen LogP contribution in [-0.4, -0.2) is 24.8 Å². The summed E-state index contributed by atoms with van der Waals surface area (Å²) in [7, 11) is 0. The fraction of sp³-hybridized carbons (Fsp3) is 0.632. The fourth-order valence-electron chi connectivity index (χ4n) is 2.46. The Balaban J connectivity index is 2.62. The molecule has 0 aliphatic heterocycles. The molecule has 1 aromatic carbocycles. The molecule has 0 bridgehead atoms. The van der Waals surface area contributed by atoms with E-state index in [1.807, 2.05) is 51.1 Å². The van der Waals surface area contributed by atoms with Crippen LogP contribution in [0.15, 0.2) is 30.3 Å². The summed E-state index contributed by atoms with van der Waals surface area (Å²) in [6, 6.07) is 9.90. The molecule has 0 saturated carbocycles. The average Bonchev–Trinajstić information content (AvgIpc) is 2.45. The maximum absolute atomic E-state index is 12.1. The number of nitrogens with one attached hydrogen (secondary N) is 2. The van der Waals surface area contributed by atoms with Crippen molar-refractivity contribution < 1.29 is 9.53 Å². The highest BCUT2D eigenvalue weighted by Crippen LogP contribution is 2.14. The number of benzene rings is 1. The van der Waals surface area contributed by atoms with E-state index >= 15 is 0 Å². The fourth-order valence-corrected chi connectivity index (χ4v) is 2.46. The summed E-state index contributed by atoms with van der Waals surface area (Å²) in [6.07, 6.45) is 2.03. The summed E-state index contributed by atoms with van der Waals surface area (Å²) >= 11 is 0. The van der Waals surface area contributed by atoms with E-state index in [1.54, 1.807) is 0 Å². The van der Waals surface area contributed by atoms with Gasteiger partial charge in [0.15, 0.2) is 0 Å². The normalized spacial score (nSPS) is 14.1. The first-order valence-corrected chi connectivity index (χ1v) is 8.57. The number of hydrogen-bond donors (Lipinski definition) is 2. The van der Waals surface area contributed by atoms with Crippen molar-refractivity contribution in [2.45, 2.75) is 59.1 Å². The van der Waals surface area contributed by atoms with Crippen LogP contribution < -0.4 is 10.6 Å². The van der Waals surface area contributed by atoms with E-state index in [0.717, 1.165) is 12.1 Å². The molecule has 0 aromatic heterocycles. The number of hydrogen-bond acceptors (Lipinski definition) is 3. The van der Waals surface area contributed by atoms with E-state index < -0.39 is 5.60 Å². The molecule has 2 atom stereocenters. The van der Waals surface area contributed by atoms with Gasteiger partial charge < -0.3 is 15.4 Å². The Bertz CT molecular complexity index is 454. The van der Waals surface area contributed by atoms with Gasteiger partial charge in [-0.05, 0) is 45.2 Å². The van der Waals surface area contributed by atoms with Crippen LogP contribution in [-0.2, 0) is 4.74 Å². The lowest BCUT2D eigenvalue weighted by Crippen LogP contribution is -2.39. The van der Waals surface area contributed by atoms with Crippen molar-refractivity contribution in [2.24, 2.45) is 5.92 Å².